The molecule has 0 spiro atoms. The fourth-order valence-corrected chi connectivity index (χ4v) is 2.91. The molecular formula is C17H36IN3O2. The van der Waals surface area contributed by atoms with E-state index < -0.39 is 0 Å². The van der Waals surface area contributed by atoms with Crippen LogP contribution in [0.1, 0.15) is 40.0 Å². The summed E-state index contributed by atoms with van der Waals surface area (Å²) in [5, 5.41) is 3.42. The smallest absolute Gasteiger partial charge is 0.193 e. The Morgan fingerprint density at radius 2 is 2.09 bits per heavy atom. The van der Waals surface area contributed by atoms with Crippen LogP contribution in [0.25, 0.3) is 0 Å². The number of guanidine groups is 1. The normalized spacial score (nSPS) is 18.4. The van der Waals surface area contributed by atoms with Crippen LogP contribution in [0, 0.1) is 11.8 Å². The Balaban J connectivity index is 0.00000484. The van der Waals surface area contributed by atoms with Crippen LogP contribution < -0.4 is 5.32 Å². The second-order valence-electron chi connectivity index (χ2n) is 6.42. The highest BCUT2D eigenvalue weighted by atomic mass is 127. The van der Waals surface area contributed by atoms with Crippen LogP contribution in [-0.2, 0) is 9.47 Å². The second-order valence-corrected chi connectivity index (χ2v) is 6.42. The summed E-state index contributed by atoms with van der Waals surface area (Å²) in [6.07, 6.45) is 3.58. The third-order valence-corrected chi connectivity index (χ3v) is 3.87. The quantitative estimate of drug-likeness (QED) is 0.245. The maximum absolute atomic E-state index is 5.47. The van der Waals surface area contributed by atoms with Crippen molar-refractivity contribution in [3.05, 3.63) is 0 Å². The number of nitrogens with zero attached hydrogens (tertiary/aromatic N) is 2. The summed E-state index contributed by atoms with van der Waals surface area (Å²) < 4.78 is 10.4. The van der Waals surface area contributed by atoms with E-state index in [0.717, 1.165) is 57.0 Å². The molecule has 5 nitrogen and oxygen atoms in total. The van der Waals surface area contributed by atoms with E-state index in [1.807, 2.05) is 0 Å². The van der Waals surface area contributed by atoms with Crippen LogP contribution in [0.15, 0.2) is 4.99 Å². The summed E-state index contributed by atoms with van der Waals surface area (Å²) in [7, 11) is 1.69. The summed E-state index contributed by atoms with van der Waals surface area (Å²) in [6.45, 7) is 12.9. The van der Waals surface area contributed by atoms with Gasteiger partial charge in [-0.05, 0) is 38.0 Å². The van der Waals surface area contributed by atoms with Crippen molar-refractivity contribution >= 4 is 29.9 Å². The van der Waals surface area contributed by atoms with Crippen LogP contribution >= 0.6 is 24.0 Å². The minimum Gasteiger partial charge on any atom is -0.382 e. The molecule has 1 heterocycles. The van der Waals surface area contributed by atoms with Gasteiger partial charge in [-0.25, -0.2) is 0 Å². The topological polar surface area (TPSA) is 46.1 Å². The van der Waals surface area contributed by atoms with Crippen molar-refractivity contribution < 1.29 is 9.47 Å². The zero-order valence-corrected chi connectivity index (χ0v) is 17.7. The van der Waals surface area contributed by atoms with Crippen molar-refractivity contribution in [2.45, 2.75) is 40.0 Å². The van der Waals surface area contributed by atoms with E-state index in [1.54, 1.807) is 7.11 Å². The van der Waals surface area contributed by atoms with Crippen LogP contribution in [0.5, 0.6) is 0 Å². The predicted molar refractivity (Wildman–Crippen MR) is 108 cm³/mol. The Labute approximate surface area is 159 Å². The van der Waals surface area contributed by atoms with Gasteiger partial charge in [0.05, 0.1) is 13.2 Å². The monoisotopic (exact) mass is 441 g/mol. The zero-order valence-electron chi connectivity index (χ0n) is 15.3. The van der Waals surface area contributed by atoms with Gasteiger partial charge in [0.15, 0.2) is 5.96 Å². The molecule has 0 aromatic rings. The summed E-state index contributed by atoms with van der Waals surface area (Å²) >= 11 is 0. The molecule has 1 rings (SSSR count). The number of methoxy groups -OCH3 is 1. The first-order chi connectivity index (χ1) is 10.7. The van der Waals surface area contributed by atoms with Crippen LogP contribution in [0.3, 0.4) is 0 Å². The van der Waals surface area contributed by atoms with E-state index in [2.05, 4.69) is 31.0 Å². The summed E-state index contributed by atoms with van der Waals surface area (Å²) in [5.41, 5.74) is 0. The number of halogens is 1. The Kier molecular flexibility index (Phi) is 14.2. The van der Waals surface area contributed by atoms with Gasteiger partial charge >= 0.3 is 0 Å². The summed E-state index contributed by atoms with van der Waals surface area (Å²) in [4.78, 5) is 7.17. The molecule has 0 aromatic carbocycles. The van der Waals surface area contributed by atoms with Crippen LogP contribution in [-0.4, -0.2) is 64.0 Å². The van der Waals surface area contributed by atoms with Gasteiger partial charge < -0.3 is 19.7 Å². The first kappa shape index (κ1) is 22.9. The minimum absolute atomic E-state index is 0. The van der Waals surface area contributed by atoms with Gasteiger partial charge in [-0.2, -0.15) is 0 Å². The van der Waals surface area contributed by atoms with E-state index in [-0.39, 0.29) is 24.0 Å². The Morgan fingerprint density at radius 1 is 1.30 bits per heavy atom. The zero-order chi connectivity index (χ0) is 16.2. The standard InChI is InChI=1S/C17H35N3O2.HI/c1-5-18-17(19-8-6-10-22-12-11-21-4)20-9-7-16(14-20)13-15(2)3;/h15-16H,5-14H2,1-4H3,(H,18,19);1H. The molecule has 1 fully saturated rings. The number of hydrogen-bond acceptors (Lipinski definition) is 3. The molecule has 0 aromatic heterocycles. The molecule has 1 unspecified atom stereocenters. The minimum atomic E-state index is 0. The van der Waals surface area contributed by atoms with Gasteiger partial charge in [-0.1, -0.05) is 13.8 Å². The summed E-state index contributed by atoms with van der Waals surface area (Å²) in [6, 6.07) is 0. The Morgan fingerprint density at radius 3 is 2.74 bits per heavy atom. The molecule has 0 bridgehead atoms. The fourth-order valence-electron chi connectivity index (χ4n) is 2.91. The average Bonchev–Trinajstić information content (AvgIpc) is 2.92. The first-order valence-corrected chi connectivity index (χ1v) is 8.77. The molecule has 1 aliphatic heterocycles. The largest absolute Gasteiger partial charge is 0.382 e. The number of rotatable bonds is 10. The molecule has 1 atom stereocenters. The van der Waals surface area contributed by atoms with Crippen molar-refractivity contribution in [3.8, 4) is 0 Å². The number of hydrogen-bond donors (Lipinski definition) is 1. The van der Waals surface area contributed by atoms with Crippen LogP contribution in [0.4, 0.5) is 0 Å². The second kappa shape index (κ2) is 14.3. The van der Waals surface area contributed by atoms with Gasteiger partial charge in [0.2, 0.25) is 0 Å². The maximum Gasteiger partial charge on any atom is 0.193 e. The lowest BCUT2D eigenvalue weighted by Crippen LogP contribution is -2.40. The third kappa shape index (κ3) is 10.4. The van der Waals surface area contributed by atoms with Crippen molar-refractivity contribution in [3.63, 3.8) is 0 Å². The van der Waals surface area contributed by atoms with Crippen molar-refractivity contribution in [1.82, 2.24) is 10.2 Å². The molecule has 138 valence electrons. The Hall–Kier alpha value is -0.0800. The molecule has 0 radical (unpaired) electrons. The van der Waals surface area contributed by atoms with Gasteiger partial charge in [0.1, 0.15) is 0 Å². The molecule has 1 N–H and O–H groups in total. The van der Waals surface area contributed by atoms with E-state index in [9.17, 15) is 0 Å². The van der Waals surface area contributed by atoms with E-state index in [0.29, 0.717) is 13.2 Å². The van der Waals surface area contributed by atoms with Crippen molar-refractivity contribution in [2.24, 2.45) is 16.8 Å². The van der Waals surface area contributed by atoms with Gasteiger partial charge in [-0.3, -0.25) is 4.99 Å². The van der Waals surface area contributed by atoms with E-state index in [4.69, 9.17) is 14.5 Å². The molecular weight excluding hydrogens is 405 g/mol. The molecule has 1 aliphatic rings. The van der Waals surface area contributed by atoms with Gasteiger partial charge in [0.25, 0.3) is 0 Å². The highest BCUT2D eigenvalue weighted by Gasteiger charge is 2.25. The molecule has 0 amide bonds. The van der Waals surface area contributed by atoms with Crippen LogP contribution in [0.2, 0.25) is 0 Å². The molecule has 6 heteroatoms. The van der Waals surface area contributed by atoms with E-state index in [1.165, 1.54) is 12.8 Å². The first-order valence-electron chi connectivity index (χ1n) is 8.77. The van der Waals surface area contributed by atoms with Crippen molar-refractivity contribution in [2.75, 3.05) is 53.1 Å². The number of nitrogens with one attached hydrogen (secondary N) is 1. The number of likely N-dealkylation sites (tertiary alicyclic amines) is 1. The molecule has 0 saturated carbocycles. The molecule has 1 saturated heterocycles. The average molecular weight is 441 g/mol. The number of aliphatic imine (C=N–C) groups is 1. The lowest BCUT2D eigenvalue weighted by atomic mass is 9.97. The summed E-state index contributed by atoms with van der Waals surface area (Å²) in [5.74, 6) is 2.68. The molecule has 0 aliphatic carbocycles. The SMILES string of the molecule is CCNC(=NCCCOCCOC)N1CCC(CC(C)C)C1.I. The van der Waals surface area contributed by atoms with Gasteiger partial charge in [0, 0.05) is 39.9 Å². The maximum atomic E-state index is 5.47. The number of ether oxygens (including phenoxy) is 2. The van der Waals surface area contributed by atoms with Crippen molar-refractivity contribution in [1.29, 1.82) is 0 Å². The Bertz CT molecular complexity index is 314. The highest BCUT2D eigenvalue weighted by molar-refractivity contribution is 14.0. The lowest BCUT2D eigenvalue weighted by molar-refractivity contribution is 0.0702. The third-order valence-electron chi connectivity index (χ3n) is 3.87. The van der Waals surface area contributed by atoms with E-state index >= 15 is 0 Å². The molecule has 23 heavy (non-hydrogen) atoms. The highest BCUT2D eigenvalue weighted by Crippen LogP contribution is 2.23. The fraction of sp³-hybridized carbons (Fsp3) is 0.941. The predicted octanol–water partition coefficient (Wildman–Crippen LogP) is 2.99. The lowest BCUT2D eigenvalue weighted by Gasteiger charge is -2.22. The van der Waals surface area contributed by atoms with Gasteiger partial charge in [-0.15, -0.1) is 24.0 Å².